The molecule has 0 radical (unpaired) electrons. The van der Waals surface area contributed by atoms with Gasteiger partial charge in [0.2, 0.25) is 0 Å². The SMILES string of the molecule is COC(=O)[C@H]1C(=O)C2=C(C[C@@H]1C)NC(C)=C(C(=O)OC(C)C)[C@@H]2c1ccc(C)o1. The van der Waals surface area contributed by atoms with Crippen molar-refractivity contribution in [2.75, 3.05) is 7.11 Å². The van der Waals surface area contributed by atoms with Gasteiger partial charge in [-0.3, -0.25) is 9.59 Å². The summed E-state index contributed by atoms with van der Waals surface area (Å²) in [6, 6.07) is 3.54. The number of rotatable bonds is 4. The number of ether oxygens (including phenoxy) is 2. The van der Waals surface area contributed by atoms with Gasteiger partial charge in [0.05, 0.1) is 24.7 Å². The lowest BCUT2D eigenvalue weighted by Gasteiger charge is -2.37. The van der Waals surface area contributed by atoms with Gasteiger partial charge in [0.25, 0.3) is 0 Å². The van der Waals surface area contributed by atoms with Crippen LogP contribution in [-0.2, 0) is 23.9 Å². The Labute approximate surface area is 170 Å². The molecule has 0 spiro atoms. The predicted molar refractivity (Wildman–Crippen MR) is 105 cm³/mol. The molecular weight excluding hydrogens is 374 g/mol. The zero-order valence-corrected chi connectivity index (χ0v) is 17.6. The van der Waals surface area contributed by atoms with Gasteiger partial charge in [0.15, 0.2) is 5.78 Å². The first kappa shape index (κ1) is 20.9. The first-order valence-electron chi connectivity index (χ1n) is 9.75. The minimum atomic E-state index is -0.917. The van der Waals surface area contributed by atoms with Crippen LogP contribution in [0.25, 0.3) is 0 Å². The van der Waals surface area contributed by atoms with Gasteiger partial charge in [-0.15, -0.1) is 0 Å². The normalized spacial score (nSPS) is 24.4. The third-order valence-electron chi connectivity index (χ3n) is 5.35. The second-order valence-corrected chi connectivity index (χ2v) is 7.94. The highest BCUT2D eigenvalue weighted by atomic mass is 16.5. The van der Waals surface area contributed by atoms with E-state index in [0.717, 1.165) is 0 Å². The number of carbonyl (C=O) groups is 3. The Balaban J connectivity index is 2.15. The number of methoxy groups -OCH3 is 1. The molecule has 0 saturated carbocycles. The van der Waals surface area contributed by atoms with E-state index in [0.29, 0.717) is 40.5 Å². The molecule has 1 N–H and O–H groups in total. The topological polar surface area (TPSA) is 94.8 Å². The Morgan fingerprint density at radius 1 is 1.24 bits per heavy atom. The molecule has 3 atom stereocenters. The highest BCUT2D eigenvalue weighted by molar-refractivity contribution is 6.12. The number of esters is 2. The summed E-state index contributed by atoms with van der Waals surface area (Å²) in [4.78, 5) is 38.7. The molecule has 1 aromatic rings. The van der Waals surface area contributed by atoms with Gasteiger partial charge in [-0.2, -0.15) is 0 Å². The summed E-state index contributed by atoms with van der Waals surface area (Å²) >= 11 is 0. The first-order chi connectivity index (χ1) is 13.6. The second kappa shape index (κ2) is 7.89. The monoisotopic (exact) mass is 401 g/mol. The van der Waals surface area contributed by atoms with Crippen LogP contribution in [0.5, 0.6) is 0 Å². The van der Waals surface area contributed by atoms with E-state index in [1.165, 1.54) is 7.11 Å². The number of ketones is 1. The van der Waals surface area contributed by atoms with E-state index < -0.39 is 23.8 Å². The molecular formula is C22H27NO6. The van der Waals surface area contributed by atoms with Gasteiger partial charge in [-0.1, -0.05) is 6.92 Å². The maximum atomic E-state index is 13.4. The summed E-state index contributed by atoms with van der Waals surface area (Å²) in [6.07, 6.45) is 0.169. The molecule has 7 heteroatoms. The lowest BCUT2D eigenvalue weighted by Crippen LogP contribution is -2.43. The van der Waals surface area contributed by atoms with E-state index in [9.17, 15) is 14.4 Å². The number of allylic oxidation sites excluding steroid dienone is 3. The van der Waals surface area contributed by atoms with E-state index in [-0.39, 0.29) is 17.8 Å². The number of aryl methyl sites for hydroxylation is 1. The van der Waals surface area contributed by atoms with Crippen LogP contribution < -0.4 is 5.32 Å². The summed E-state index contributed by atoms with van der Waals surface area (Å²) in [7, 11) is 1.27. The number of carbonyl (C=O) groups excluding carboxylic acids is 3. The van der Waals surface area contributed by atoms with Crippen molar-refractivity contribution in [1.29, 1.82) is 0 Å². The number of furan rings is 1. The van der Waals surface area contributed by atoms with Crippen molar-refractivity contribution in [1.82, 2.24) is 5.32 Å². The highest BCUT2D eigenvalue weighted by Crippen LogP contribution is 2.45. The van der Waals surface area contributed by atoms with Crippen LogP contribution in [0.4, 0.5) is 0 Å². The molecule has 3 rings (SSSR count). The van der Waals surface area contributed by atoms with Crippen molar-refractivity contribution >= 4 is 17.7 Å². The van der Waals surface area contributed by atoms with Gasteiger partial charge in [-0.25, -0.2) is 4.79 Å². The van der Waals surface area contributed by atoms with E-state index in [4.69, 9.17) is 13.9 Å². The quantitative estimate of drug-likeness (QED) is 0.612. The molecule has 29 heavy (non-hydrogen) atoms. The first-order valence-corrected chi connectivity index (χ1v) is 9.75. The lowest BCUT2D eigenvalue weighted by atomic mass is 9.70. The van der Waals surface area contributed by atoms with Gasteiger partial charge < -0.3 is 19.2 Å². The molecule has 2 aliphatic rings. The Morgan fingerprint density at radius 3 is 2.48 bits per heavy atom. The van der Waals surface area contributed by atoms with Crippen LogP contribution >= 0.6 is 0 Å². The molecule has 0 saturated heterocycles. The molecule has 1 aromatic heterocycles. The van der Waals surface area contributed by atoms with Crippen molar-refractivity contribution in [3.63, 3.8) is 0 Å². The third kappa shape index (κ3) is 3.73. The fourth-order valence-electron chi connectivity index (χ4n) is 4.12. The van der Waals surface area contributed by atoms with Crippen molar-refractivity contribution in [2.24, 2.45) is 11.8 Å². The summed E-state index contributed by atoms with van der Waals surface area (Å²) < 4.78 is 16.2. The van der Waals surface area contributed by atoms with E-state index in [1.54, 1.807) is 39.8 Å². The van der Waals surface area contributed by atoms with E-state index in [2.05, 4.69) is 5.32 Å². The Morgan fingerprint density at radius 2 is 1.93 bits per heavy atom. The fourth-order valence-corrected chi connectivity index (χ4v) is 4.12. The third-order valence-corrected chi connectivity index (χ3v) is 5.35. The second-order valence-electron chi connectivity index (χ2n) is 7.94. The fraction of sp³-hybridized carbons (Fsp3) is 0.500. The van der Waals surface area contributed by atoms with Crippen LogP contribution in [-0.4, -0.2) is 30.9 Å². The molecule has 0 bridgehead atoms. The predicted octanol–water partition coefficient (Wildman–Crippen LogP) is 3.15. The standard InChI is InChI=1S/C22H27NO6/c1-10(2)28-22(26)17-13(5)23-14-9-11(3)16(21(25)27-6)20(24)18(14)19(17)15-8-7-12(4)29-15/h7-8,10-11,16,19,23H,9H2,1-6H3/t11-,16+,19-/m0/s1. The Hall–Kier alpha value is -2.83. The molecule has 0 amide bonds. The lowest BCUT2D eigenvalue weighted by molar-refractivity contribution is -0.151. The summed E-state index contributed by atoms with van der Waals surface area (Å²) in [5.74, 6) is -2.18. The zero-order valence-electron chi connectivity index (χ0n) is 17.6. The molecule has 2 heterocycles. The van der Waals surface area contributed by atoms with Crippen molar-refractivity contribution in [2.45, 2.75) is 53.1 Å². The Bertz CT molecular complexity index is 919. The van der Waals surface area contributed by atoms with Gasteiger partial charge >= 0.3 is 11.9 Å². The van der Waals surface area contributed by atoms with Gasteiger partial charge in [0, 0.05) is 17.0 Å². The minimum absolute atomic E-state index is 0.225. The van der Waals surface area contributed by atoms with Crippen molar-refractivity contribution in [3.05, 3.63) is 46.2 Å². The Kier molecular flexibility index (Phi) is 5.68. The molecule has 1 aliphatic carbocycles. The van der Waals surface area contributed by atoms with Crippen molar-refractivity contribution in [3.8, 4) is 0 Å². The average molecular weight is 401 g/mol. The van der Waals surface area contributed by atoms with E-state index >= 15 is 0 Å². The minimum Gasteiger partial charge on any atom is -0.468 e. The molecule has 1 aliphatic heterocycles. The van der Waals surface area contributed by atoms with E-state index in [1.807, 2.05) is 6.92 Å². The number of nitrogens with one attached hydrogen (secondary N) is 1. The number of dihydropyridines is 1. The highest BCUT2D eigenvalue weighted by Gasteiger charge is 2.48. The smallest absolute Gasteiger partial charge is 0.337 e. The summed E-state index contributed by atoms with van der Waals surface area (Å²) in [5, 5.41) is 3.21. The molecule has 7 nitrogen and oxygen atoms in total. The maximum absolute atomic E-state index is 13.4. The van der Waals surface area contributed by atoms with Crippen molar-refractivity contribution < 1.29 is 28.3 Å². The molecule has 0 fully saturated rings. The van der Waals surface area contributed by atoms with Crippen LogP contribution in [0.1, 0.15) is 51.6 Å². The van der Waals surface area contributed by atoms with Gasteiger partial charge in [0.1, 0.15) is 17.4 Å². The average Bonchev–Trinajstić information content (AvgIpc) is 3.05. The number of hydrogen-bond acceptors (Lipinski definition) is 7. The molecule has 0 unspecified atom stereocenters. The largest absolute Gasteiger partial charge is 0.468 e. The molecule has 156 valence electrons. The number of Topliss-reactive ketones (excluding diaryl/α,β-unsaturated/α-hetero) is 1. The zero-order chi connectivity index (χ0) is 21.5. The van der Waals surface area contributed by atoms with Crippen LogP contribution in [0.2, 0.25) is 0 Å². The van der Waals surface area contributed by atoms with Gasteiger partial charge in [-0.05, 0) is 52.2 Å². The summed E-state index contributed by atoms with van der Waals surface area (Å²) in [5.41, 5.74) is 2.01. The van der Waals surface area contributed by atoms with Crippen LogP contribution in [0, 0.1) is 18.8 Å². The summed E-state index contributed by atoms with van der Waals surface area (Å²) in [6.45, 7) is 8.96. The maximum Gasteiger partial charge on any atom is 0.337 e. The number of hydrogen-bond donors (Lipinski definition) is 1. The van der Waals surface area contributed by atoms with Crippen LogP contribution in [0.15, 0.2) is 39.1 Å². The molecule has 0 aromatic carbocycles. The van der Waals surface area contributed by atoms with Crippen LogP contribution in [0.3, 0.4) is 0 Å².